The minimum absolute atomic E-state index is 0.138. The van der Waals surface area contributed by atoms with E-state index in [0.29, 0.717) is 11.0 Å². The molecular weight excluding hydrogens is 282 g/mol. The van der Waals surface area contributed by atoms with Gasteiger partial charge in [0, 0.05) is 31.2 Å². The van der Waals surface area contributed by atoms with Crippen molar-refractivity contribution in [1.82, 2.24) is 25.1 Å². The standard InChI is InChI=1S/C10H9N7.C4H8O/c11-9-8-7(15-10(12)16-9)3-5(4-13-8)6-1-2-14-17-6;1-2-4-5-3-1/h1-4H,(H,14,17)(H4,11,12,15,16);1-4H2. The molecule has 22 heavy (non-hydrogen) atoms. The van der Waals surface area contributed by atoms with Crippen LogP contribution in [0.3, 0.4) is 0 Å². The van der Waals surface area contributed by atoms with Gasteiger partial charge in [-0.1, -0.05) is 0 Å². The highest BCUT2D eigenvalue weighted by molar-refractivity contribution is 5.87. The van der Waals surface area contributed by atoms with Crippen molar-refractivity contribution in [3.63, 3.8) is 0 Å². The predicted molar refractivity (Wildman–Crippen MR) is 83.8 cm³/mol. The van der Waals surface area contributed by atoms with E-state index in [1.807, 2.05) is 12.1 Å². The first-order valence-corrected chi connectivity index (χ1v) is 7.00. The molecule has 5 N–H and O–H groups in total. The highest BCUT2D eigenvalue weighted by atomic mass is 16.5. The largest absolute Gasteiger partial charge is 0.382 e. The second-order valence-electron chi connectivity index (χ2n) is 4.85. The molecule has 4 heterocycles. The number of hydrogen-bond acceptors (Lipinski definition) is 7. The van der Waals surface area contributed by atoms with Crippen LogP contribution in [0.15, 0.2) is 24.5 Å². The molecule has 0 unspecified atom stereocenters. The van der Waals surface area contributed by atoms with E-state index in [2.05, 4.69) is 25.1 Å². The zero-order valence-electron chi connectivity index (χ0n) is 12.0. The van der Waals surface area contributed by atoms with Crippen molar-refractivity contribution in [3.8, 4) is 11.3 Å². The van der Waals surface area contributed by atoms with Crippen LogP contribution in [-0.2, 0) is 4.74 Å². The number of anilines is 2. The Labute approximate surface area is 126 Å². The first kappa shape index (κ1) is 14.2. The third-order valence-electron chi connectivity index (χ3n) is 3.22. The summed E-state index contributed by atoms with van der Waals surface area (Å²) in [6.45, 7) is 2.00. The normalized spacial score (nSPS) is 13.8. The highest BCUT2D eigenvalue weighted by Crippen LogP contribution is 2.22. The van der Waals surface area contributed by atoms with Crippen LogP contribution in [0.2, 0.25) is 0 Å². The van der Waals surface area contributed by atoms with E-state index in [9.17, 15) is 0 Å². The number of nitrogens with two attached hydrogens (primary N) is 2. The maximum absolute atomic E-state index is 5.71. The number of H-pyrrole nitrogens is 1. The van der Waals surface area contributed by atoms with Gasteiger partial charge >= 0.3 is 0 Å². The number of aromatic amines is 1. The summed E-state index contributed by atoms with van der Waals surface area (Å²) in [6, 6.07) is 3.68. The second kappa shape index (κ2) is 6.35. The van der Waals surface area contributed by atoms with E-state index in [1.54, 1.807) is 12.4 Å². The van der Waals surface area contributed by atoms with Crippen LogP contribution in [-0.4, -0.2) is 38.4 Å². The minimum atomic E-state index is 0.138. The third-order valence-corrected chi connectivity index (χ3v) is 3.22. The molecule has 1 fully saturated rings. The summed E-state index contributed by atoms with van der Waals surface area (Å²) >= 11 is 0. The van der Waals surface area contributed by atoms with Crippen molar-refractivity contribution in [1.29, 1.82) is 0 Å². The number of fused-ring (bicyclic) bond motifs is 1. The number of nitrogens with zero attached hydrogens (tertiary/aromatic N) is 4. The zero-order chi connectivity index (χ0) is 15.4. The van der Waals surface area contributed by atoms with Crippen LogP contribution >= 0.6 is 0 Å². The van der Waals surface area contributed by atoms with Gasteiger partial charge in [0.25, 0.3) is 0 Å². The molecule has 0 atom stereocenters. The first-order chi connectivity index (χ1) is 10.7. The lowest BCUT2D eigenvalue weighted by Crippen LogP contribution is -2.01. The summed E-state index contributed by atoms with van der Waals surface area (Å²) in [5, 5.41) is 6.73. The van der Waals surface area contributed by atoms with Crippen molar-refractivity contribution in [2.45, 2.75) is 12.8 Å². The molecule has 8 nitrogen and oxygen atoms in total. The Morgan fingerprint density at radius 1 is 1.14 bits per heavy atom. The van der Waals surface area contributed by atoms with Crippen molar-refractivity contribution < 1.29 is 4.74 Å². The van der Waals surface area contributed by atoms with Gasteiger partial charge in [0.2, 0.25) is 5.95 Å². The lowest BCUT2D eigenvalue weighted by molar-refractivity contribution is 0.198. The molecule has 3 aromatic rings. The maximum atomic E-state index is 5.71. The molecular formula is C14H17N7O. The fourth-order valence-corrected chi connectivity index (χ4v) is 2.13. The Morgan fingerprint density at radius 2 is 1.95 bits per heavy atom. The number of ether oxygens (including phenoxy) is 1. The molecule has 0 aliphatic carbocycles. The van der Waals surface area contributed by atoms with Crippen molar-refractivity contribution in [2.75, 3.05) is 24.7 Å². The lowest BCUT2D eigenvalue weighted by Gasteiger charge is -2.03. The monoisotopic (exact) mass is 299 g/mol. The molecule has 0 amide bonds. The Kier molecular flexibility index (Phi) is 4.10. The lowest BCUT2D eigenvalue weighted by atomic mass is 10.2. The number of pyridine rings is 1. The fourth-order valence-electron chi connectivity index (χ4n) is 2.13. The molecule has 8 heteroatoms. The van der Waals surface area contributed by atoms with Crippen molar-refractivity contribution >= 4 is 22.8 Å². The van der Waals surface area contributed by atoms with Gasteiger partial charge in [0.05, 0.1) is 11.2 Å². The Morgan fingerprint density at radius 3 is 2.59 bits per heavy atom. The molecule has 0 saturated carbocycles. The predicted octanol–water partition coefficient (Wildman–Crippen LogP) is 1.38. The SMILES string of the molecule is C1CCOC1.Nc1nc(N)c2ncc(-c3ccn[nH]3)cc2n1. The van der Waals surface area contributed by atoms with Gasteiger partial charge in [-0.25, -0.2) is 9.97 Å². The van der Waals surface area contributed by atoms with Crippen molar-refractivity contribution in [3.05, 3.63) is 24.5 Å². The van der Waals surface area contributed by atoms with Gasteiger partial charge in [-0.05, 0) is 25.0 Å². The van der Waals surface area contributed by atoms with Gasteiger partial charge in [-0.2, -0.15) is 10.1 Å². The van der Waals surface area contributed by atoms with Crippen LogP contribution in [0.1, 0.15) is 12.8 Å². The van der Waals surface area contributed by atoms with Gasteiger partial charge in [0.15, 0.2) is 5.82 Å². The summed E-state index contributed by atoms with van der Waals surface area (Å²) in [5.74, 6) is 0.419. The molecule has 1 saturated heterocycles. The summed E-state index contributed by atoms with van der Waals surface area (Å²) in [4.78, 5) is 12.2. The number of rotatable bonds is 1. The Bertz CT molecular complexity index is 746. The molecule has 0 spiro atoms. The van der Waals surface area contributed by atoms with E-state index in [0.717, 1.165) is 24.5 Å². The zero-order valence-corrected chi connectivity index (χ0v) is 12.0. The molecule has 0 radical (unpaired) electrons. The topological polar surface area (TPSA) is 129 Å². The third kappa shape index (κ3) is 3.12. The quantitative estimate of drug-likeness (QED) is 0.619. The van der Waals surface area contributed by atoms with E-state index in [1.165, 1.54) is 12.8 Å². The number of hydrogen-bond donors (Lipinski definition) is 3. The summed E-state index contributed by atoms with van der Waals surface area (Å²) < 4.78 is 4.94. The average Bonchev–Trinajstić information content (AvgIpc) is 3.23. The molecule has 0 bridgehead atoms. The van der Waals surface area contributed by atoms with Crippen molar-refractivity contribution in [2.24, 2.45) is 0 Å². The Balaban J connectivity index is 0.000000246. The summed E-state index contributed by atoms with van der Waals surface area (Å²) in [6.07, 6.45) is 5.91. The second-order valence-corrected chi connectivity index (χ2v) is 4.85. The van der Waals surface area contributed by atoms with E-state index < -0.39 is 0 Å². The summed E-state index contributed by atoms with van der Waals surface area (Å²) in [7, 11) is 0. The van der Waals surface area contributed by atoms with Gasteiger partial charge in [0.1, 0.15) is 5.52 Å². The smallest absolute Gasteiger partial charge is 0.222 e. The van der Waals surface area contributed by atoms with Crippen LogP contribution in [0.25, 0.3) is 22.3 Å². The molecule has 4 rings (SSSR count). The van der Waals surface area contributed by atoms with Crippen LogP contribution < -0.4 is 11.5 Å². The van der Waals surface area contributed by atoms with E-state index in [4.69, 9.17) is 16.2 Å². The van der Waals surface area contributed by atoms with E-state index >= 15 is 0 Å². The van der Waals surface area contributed by atoms with Gasteiger partial charge < -0.3 is 16.2 Å². The Hall–Kier alpha value is -2.74. The highest BCUT2D eigenvalue weighted by Gasteiger charge is 2.07. The first-order valence-electron chi connectivity index (χ1n) is 7.00. The molecule has 114 valence electrons. The van der Waals surface area contributed by atoms with Crippen LogP contribution in [0.5, 0.6) is 0 Å². The van der Waals surface area contributed by atoms with E-state index in [-0.39, 0.29) is 11.8 Å². The number of nitrogen functional groups attached to an aromatic ring is 2. The number of nitrogens with one attached hydrogen (secondary N) is 1. The summed E-state index contributed by atoms with van der Waals surface area (Å²) in [5.41, 5.74) is 14.1. The molecule has 0 aromatic carbocycles. The minimum Gasteiger partial charge on any atom is -0.382 e. The van der Waals surface area contributed by atoms with Crippen LogP contribution in [0, 0.1) is 0 Å². The fraction of sp³-hybridized carbons (Fsp3) is 0.286. The number of aromatic nitrogens is 5. The average molecular weight is 299 g/mol. The van der Waals surface area contributed by atoms with Gasteiger partial charge in [-0.3, -0.25) is 5.10 Å². The maximum Gasteiger partial charge on any atom is 0.222 e. The molecule has 1 aliphatic rings. The van der Waals surface area contributed by atoms with Crippen LogP contribution in [0.4, 0.5) is 11.8 Å². The molecule has 1 aliphatic heterocycles. The van der Waals surface area contributed by atoms with Gasteiger partial charge in [-0.15, -0.1) is 0 Å². The molecule has 3 aromatic heterocycles.